The van der Waals surface area contributed by atoms with Gasteiger partial charge in [0.2, 0.25) is 0 Å². The molecule has 26 heavy (non-hydrogen) atoms. The first-order chi connectivity index (χ1) is 12.5. The minimum absolute atomic E-state index is 0.0673. The van der Waals surface area contributed by atoms with Gasteiger partial charge in [-0.3, -0.25) is 4.79 Å². The summed E-state index contributed by atoms with van der Waals surface area (Å²) in [6.45, 7) is 4.18. The van der Waals surface area contributed by atoms with Gasteiger partial charge in [-0.2, -0.15) is 4.99 Å². The lowest BCUT2D eigenvalue weighted by Gasteiger charge is -2.14. The number of aryl methyl sites for hydroxylation is 2. The van der Waals surface area contributed by atoms with Crippen molar-refractivity contribution in [1.29, 1.82) is 0 Å². The molecule has 0 atom stereocenters. The van der Waals surface area contributed by atoms with Crippen LogP contribution in [0.25, 0.3) is 22.5 Å². The van der Waals surface area contributed by atoms with Gasteiger partial charge in [0.1, 0.15) is 6.54 Å². The number of benzene rings is 2. The molecule has 3 rings (SSSR count). The van der Waals surface area contributed by atoms with Gasteiger partial charge in [0.15, 0.2) is 5.96 Å². The Morgan fingerprint density at radius 1 is 0.962 bits per heavy atom. The maximum absolute atomic E-state index is 12.3. The number of aliphatic imine (C=N–C) groups is 1. The number of amides is 1. The number of carbonyl (C=O) groups excluding carboxylic acids is 1. The number of guanidine groups is 1. The van der Waals surface area contributed by atoms with E-state index in [9.17, 15) is 4.79 Å². The minimum atomic E-state index is -0.384. The molecule has 0 aliphatic rings. The monoisotopic (exact) mass is 346 g/mol. The second-order valence-electron chi connectivity index (χ2n) is 6.30. The molecule has 0 spiro atoms. The van der Waals surface area contributed by atoms with Gasteiger partial charge in [-0.15, -0.1) is 0 Å². The summed E-state index contributed by atoms with van der Waals surface area (Å²) in [6.07, 6.45) is 0. The number of carbonyl (C=O) groups is 1. The fraction of sp³-hybridized carbons (Fsp3) is 0.143. The number of hydrogen-bond acceptors (Lipinski definition) is 1. The highest BCUT2D eigenvalue weighted by Gasteiger charge is 2.16. The predicted molar refractivity (Wildman–Crippen MR) is 106 cm³/mol. The average Bonchev–Trinajstić information content (AvgIpc) is 3.00. The lowest BCUT2D eigenvalue weighted by Crippen LogP contribution is -2.25. The van der Waals surface area contributed by atoms with Gasteiger partial charge in [-0.05, 0) is 43.2 Å². The zero-order valence-electron chi connectivity index (χ0n) is 14.9. The van der Waals surface area contributed by atoms with Crippen molar-refractivity contribution < 1.29 is 4.79 Å². The lowest BCUT2D eigenvalue weighted by atomic mass is 10.0. The highest BCUT2D eigenvalue weighted by Crippen LogP contribution is 2.31. The molecule has 1 amide bonds. The fourth-order valence-electron chi connectivity index (χ4n) is 3.06. The normalized spacial score (nSPS) is 10.5. The smallest absolute Gasteiger partial charge is 0.268 e. The molecule has 5 heteroatoms. The molecule has 0 radical (unpaired) electrons. The molecule has 1 aromatic heterocycles. The summed E-state index contributed by atoms with van der Waals surface area (Å²) in [5.74, 6) is -0.610. The van der Waals surface area contributed by atoms with Gasteiger partial charge >= 0.3 is 0 Å². The molecule has 0 saturated carbocycles. The van der Waals surface area contributed by atoms with Crippen LogP contribution in [-0.4, -0.2) is 16.4 Å². The zero-order valence-corrected chi connectivity index (χ0v) is 14.9. The summed E-state index contributed by atoms with van der Waals surface area (Å²) in [4.78, 5) is 15.9. The first kappa shape index (κ1) is 17.5. The summed E-state index contributed by atoms with van der Waals surface area (Å²) >= 11 is 0. The van der Waals surface area contributed by atoms with E-state index in [1.165, 1.54) is 0 Å². The summed E-state index contributed by atoms with van der Waals surface area (Å²) in [6, 6.07) is 20.3. The van der Waals surface area contributed by atoms with E-state index in [-0.39, 0.29) is 18.4 Å². The Labute approximate surface area is 153 Å². The Hall–Kier alpha value is -3.34. The standard InChI is InChI=1S/C21H22N4O/c1-14-8-9-15(2)17(12-14)19-11-10-18(16-6-4-3-5-7-16)25(19)13-20(26)24-21(22)23/h3-12H,13H2,1-2H3,(H4,22,23,24,26). The van der Waals surface area contributed by atoms with Gasteiger partial charge in [0.25, 0.3) is 5.91 Å². The van der Waals surface area contributed by atoms with Crippen molar-refractivity contribution in [2.45, 2.75) is 20.4 Å². The van der Waals surface area contributed by atoms with Crippen molar-refractivity contribution in [2.24, 2.45) is 16.5 Å². The Bertz CT molecular complexity index is 967. The van der Waals surface area contributed by atoms with Crippen LogP contribution in [0.3, 0.4) is 0 Å². The molecule has 0 aliphatic heterocycles. The second-order valence-corrected chi connectivity index (χ2v) is 6.30. The van der Waals surface area contributed by atoms with E-state index in [0.717, 1.165) is 33.6 Å². The maximum Gasteiger partial charge on any atom is 0.268 e. The van der Waals surface area contributed by atoms with E-state index in [2.05, 4.69) is 37.0 Å². The SMILES string of the molecule is Cc1ccc(C)c(-c2ccc(-c3ccccc3)n2CC(=O)N=C(N)N)c1. The van der Waals surface area contributed by atoms with Crippen LogP contribution in [0.5, 0.6) is 0 Å². The highest BCUT2D eigenvalue weighted by molar-refractivity contribution is 5.92. The van der Waals surface area contributed by atoms with Crippen molar-refractivity contribution in [3.63, 3.8) is 0 Å². The largest absolute Gasteiger partial charge is 0.370 e. The Balaban J connectivity index is 2.16. The predicted octanol–water partition coefficient (Wildman–Crippen LogP) is 3.24. The third-order valence-corrected chi connectivity index (χ3v) is 4.27. The van der Waals surface area contributed by atoms with E-state index in [4.69, 9.17) is 11.5 Å². The Morgan fingerprint density at radius 2 is 1.65 bits per heavy atom. The van der Waals surface area contributed by atoms with Crippen LogP contribution in [0.1, 0.15) is 11.1 Å². The van der Waals surface area contributed by atoms with E-state index in [1.54, 1.807) is 0 Å². The van der Waals surface area contributed by atoms with Crippen molar-refractivity contribution >= 4 is 11.9 Å². The van der Waals surface area contributed by atoms with Crippen LogP contribution in [0.2, 0.25) is 0 Å². The van der Waals surface area contributed by atoms with Gasteiger partial charge in [0.05, 0.1) is 0 Å². The van der Waals surface area contributed by atoms with Crippen LogP contribution >= 0.6 is 0 Å². The third-order valence-electron chi connectivity index (χ3n) is 4.27. The van der Waals surface area contributed by atoms with Gasteiger partial charge in [0, 0.05) is 17.0 Å². The zero-order chi connectivity index (χ0) is 18.7. The number of nitrogens with two attached hydrogens (primary N) is 2. The van der Waals surface area contributed by atoms with Crippen LogP contribution in [0.15, 0.2) is 65.7 Å². The number of rotatable bonds is 4. The van der Waals surface area contributed by atoms with Crippen LogP contribution < -0.4 is 11.5 Å². The molecule has 4 N–H and O–H groups in total. The van der Waals surface area contributed by atoms with Crippen molar-refractivity contribution in [1.82, 2.24) is 4.57 Å². The summed E-state index contributed by atoms with van der Waals surface area (Å²) < 4.78 is 1.96. The van der Waals surface area contributed by atoms with E-state index in [0.29, 0.717) is 0 Å². The maximum atomic E-state index is 12.3. The molecule has 3 aromatic rings. The second kappa shape index (κ2) is 7.27. The topological polar surface area (TPSA) is 86.4 Å². The lowest BCUT2D eigenvalue weighted by molar-refractivity contribution is -0.118. The van der Waals surface area contributed by atoms with Gasteiger partial charge in [-0.25, -0.2) is 0 Å². The van der Waals surface area contributed by atoms with Gasteiger partial charge in [-0.1, -0.05) is 48.0 Å². The minimum Gasteiger partial charge on any atom is -0.370 e. The summed E-state index contributed by atoms with van der Waals surface area (Å²) in [5, 5.41) is 0. The molecule has 5 nitrogen and oxygen atoms in total. The van der Waals surface area contributed by atoms with E-state index >= 15 is 0 Å². The Morgan fingerprint density at radius 3 is 2.35 bits per heavy atom. The third kappa shape index (κ3) is 3.67. The van der Waals surface area contributed by atoms with Crippen molar-refractivity contribution in [2.75, 3.05) is 0 Å². The Kier molecular flexibility index (Phi) is 4.89. The summed E-state index contributed by atoms with van der Waals surface area (Å²) in [7, 11) is 0. The molecule has 1 heterocycles. The number of nitrogens with zero attached hydrogens (tertiary/aromatic N) is 2. The highest BCUT2D eigenvalue weighted by atomic mass is 16.1. The molecule has 0 aliphatic carbocycles. The molecular formula is C21H22N4O. The molecule has 0 fully saturated rings. The molecule has 0 saturated heterocycles. The molecule has 0 unspecified atom stereocenters. The average molecular weight is 346 g/mol. The van der Waals surface area contributed by atoms with E-state index in [1.807, 2.05) is 47.0 Å². The van der Waals surface area contributed by atoms with Crippen molar-refractivity contribution in [3.8, 4) is 22.5 Å². The fourth-order valence-corrected chi connectivity index (χ4v) is 3.06. The molecule has 2 aromatic carbocycles. The van der Waals surface area contributed by atoms with Crippen LogP contribution in [0.4, 0.5) is 0 Å². The van der Waals surface area contributed by atoms with Crippen LogP contribution in [0, 0.1) is 13.8 Å². The molecule has 0 bridgehead atoms. The molecule has 132 valence electrons. The number of aromatic nitrogens is 1. The quantitative estimate of drug-likeness (QED) is 0.562. The van der Waals surface area contributed by atoms with Crippen molar-refractivity contribution in [3.05, 3.63) is 71.8 Å². The number of hydrogen-bond donors (Lipinski definition) is 2. The van der Waals surface area contributed by atoms with E-state index < -0.39 is 0 Å². The van der Waals surface area contributed by atoms with Gasteiger partial charge < -0.3 is 16.0 Å². The van der Waals surface area contributed by atoms with Crippen LogP contribution in [-0.2, 0) is 11.3 Å². The molecular weight excluding hydrogens is 324 g/mol. The first-order valence-electron chi connectivity index (χ1n) is 8.41. The summed E-state index contributed by atoms with van der Waals surface area (Å²) in [5.41, 5.74) is 17.1. The first-order valence-corrected chi connectivity index (χ1v) is 8.41.